The zero-order chi connectivity index (χ0) is 9.97. The first-order valence-electron chi connectivity index (χ1n) is 4.71. The molecule has 0 aromatic carbocycles. The van der Waals surface area contributed by atoms with Crippen LogP contribution in [0, 0.1) is 11.3 Å². The number of nitrogens with zero attached hydrogens (tertiary/aromatic N) is 1. The van der Waals surface area contributed by atoms with E-state index in [-0.39, 0.29) is 0 Å². The van der Waals surface area contributed by atoms with Gasteiger partial charge in [-0.25, -0.2) is 0 Å². The van der Waals surface area contributed by atoms with Gasteiger partial charge in [0, 0.05) is 11.4 Å². The zero-order valence-electron chi connectivity index (χ0n) is 8.13. The summed E-state index contributed by atoms with van der Waals surface area (Å²) in [6.45, 7) is 4.20. The molecule has 0 saturated carbocycles. The molecule has 2 nitrogen and oxygen atoms in total. The summed E-state index contributed by atoms with van der Waals surface area (Å²) in [4.78, 5) is 2.04. The number of nitriles is 1. The summed E-state index contributed by atoms with van der Waals surface area (Å²) in [5, 5.41) is 12.1. The SMILES string of the molecule is CC1=C(c2ccc(C#N)s2)CNCC1. The van der Waals surface area contributed by atoms with Crippen molar-refractivity contribution < 1.29 is 0 Å². The number of rotatable bonds is 1. The average Bonchev–Trinajstić information content (AvgIpc) is 2.67. The molecule has 2 rings (SSSR count). The molecule has 1 N–H and O–H groups in total. The van der Waals surface area contributed by atoms with E-state index in [9.17, 15) is 0 Å². The molecule has 3 heteroatoms. The topological polar surface area (TPSA) is 35.8 Å². The van der Waals surface area contributed by atoms with Gasteiger partial charge in [0.05, 0.1) is 0 Å². The monoisotopic (exact) mass is 204 g/mol. The minimum absolute atomic E-state index is 0.797. The van der Waals surface area contributed by atoms with E-state index in [0.29, 0.717) is 0 Å². The van der Waals surface area contributed by atoms with Crippen molar-refractivity contribution in [3.05, 3.63) is 27.5 Å². The highest BCUT2D eigenvalue weighted by atomic mass is 32.1. The summed E-state index contributed by atoms with van der Waals surface area (Å²) in [5.41, 5.74) is 2.83. The fraction of sp³-hybridized carbons (Fsp3) is 0.364. The predicted octanol–water partition coefficient (Wildman–Crippen LogP) is 2.39. The minimum atomic E-state index is 0.797. The molecular formula is C11H12N2S. The van der Waals surface area contributed by atoms with Gasteiger partial charge in [0.1, 0.15) is 10.9 Å². The molecule has 1 aromatic rings. The number of nitrogens with one attached hydrogen (secondary N) is 1. The third-order valence-electron chi connectivity index (χ3n) is 2.51. The van der Waals surface area contributed by atoms with Gasteiger partial charge in [0.15, 0.2) is 0 Å². The maximum Gasteiger partial charge on any atom is 0.110 e. The lowest BCUT2D eigenvalue weighted by atomic mass is 10.0. The Morgan fingerprint density at radius 1 is 1.50 bits per heavy atom. The Morgan fingerprint density at radius 2 is 2.36 bits per heavy atom. The van der Waals surface area contributed by atoms with Gasteiger partial charge in [-0.1, -0.05) is 5.57 Å². The van der Waals surface area contributed by atoms with Crippen LogP contribution in [0.4, 0.5) is 0 Å². The van der Waals surface area contributed by atoms with E-state index in [1.165, 1.54) is 16.0 Å². The van der Waals surface area contributed by atoms with Crippen molar-refractivity contribution in [1.82, 2.24) is 5.32 Å². The molecule has 0 aliphatic carbocycles. The Morgan fingerprint density at radius 3 is 3.00 bits per heavy atom. The van der Waals surface area contributed by atoms with Crippen molar-refractivity contribution in [2.24, 2.45) is 0 Å². The van der Waals surface area contributed by atoms with Crippen LogP contribution >= 0.6 is 11.3 Å². The van der Waals surface area contributed by atoms with Gasteiger partial charge in [0.2, 0.25) is 0 Å². The van der Waals surface area contributed by atoms with Crippen molar-refractivity contribution in [3.8, 4) is 6.07 Å². The Labute approximate surface area is 87.9 Å². The molecule has 0 amide bonds. The van der Waals surface area contributed by atoms with Crippen LogP contribution in [0.5, 0.6) is 0 Å². The lowest BCUT2D eigenvalue weighted by Crippen LogP contribution is -2.23. The van der Waals surface area contributed by atoms with E-state index in [0.717, 1.165) is 24.4 Å². The van der Waals surface area contributed by atoms with Crippen LogP contribution in [-0.2, 0) is 0 Å². The summed E-state index contributed by atoms with van der Waals surface area (Å²) in [6.07, 6.45) is 1.12. The second-order valence-corrected chi connectivity index (χ2v) is 4.55. The first-order chi connectivity index (χ1) is 6.81. The van der Waals surface area contributed by atoms with E-state index in [1.807, 2.05) is 6.07 Å². The van der Waals surface area contributed by atoms with Crippen LogP contribution in [0.15, 0.2) is 17.7 Å². The molecule has 0 radical (unpaired) electrons. The Kier molecular flexibility index (Phi) is 2.67. The molecule has 2 heterocycles. The third-order valence-corrected chi connectivity index (χ3v) is 3.56. The van der Waals surface area contributed by atoms with Crippen LogP contribution in [0.2, 0.25) is 0 Å². The van der Waals surface area contributed by atoms with Crippen molar-refractivity contribution >= 4 is 16.9 Å². The van der Waals surface area contributed by atoms with Gasteiger partial charge in [-0.05, 0) is 37.6 Å². The maximum absolute atomic E-state index is 8.74. The molecule has 1 aliphatic rings. The summed E-state index contributed by atoms with van der Waals surface area (Å²) in [7, 11) is 0. The highest BCUT2D eigenvalue weighted by Crippen LogP contribution is 2.28. The van der Waals surface area contributed by atoms with Gasteiger partial charge in [-0.2, -0.15) is 5.26 Å². The van der Waals surface area contributed by atoms with Crippen molar-refractivity contribution in [2.45, 2.75) is 13.3 Å². The number of hydrogen-bond donors (Lipinski definition) is 1. The van der Waals surface area contributed by atoms with Crippen molar-refractivity contribution in [2.75, 3.05) is 13.1 Å². The van der Waals surface area contributed by atoms with E-state index in [1.54, 1.807) is 11.3 Å². The zero-order valence-corrected chi connectivity index (χ0v) is 8.95. The normalized spacial score (nSPS) is 16.9. The van der Waals surface area contributed by atoms with Crippen LogP contribution in [-0.4, -0.2) is 13.1 Å². The fourth-order valence-electron chi connectivity index (χ4n) is 1.65. The maximum atomic E-state index is 8.74. The van der Waals surface area contributed by atoms with Crippen LogP contribution in [0.3, 0.4) is 0 Å². The fourth-order valence-corrected chi connectivity index (χ4v) is 2.57. The van der Waals surface area contributed by atoms with Crippen molar-refractivity contribution in [3.63, 3.8) is 0 Å². The van der Waals surface area contributed by atoms with Gasteiger partial charge < -0.3 is 5.32 Å². The standard InChI is InChI=1S/C11H12N2S/c1-8-4-5-13-7-10(8)11-3-2-9(6-12)14-11/h2-3,13H,4-5,7H2,1H3. The van der Waals surface area contributed by atoms with Gasteiger partial charge in [-0.15, -0.1) is 11.3 Å². The van der Waals surface area contributed by atoms with E-state index in [2.05, 4.69) is 24.4 Å². The number of thiophene rings is 1. The lowest BCUT2D eigenvalue weighted by molar-refractivity contribution is 0.716. The third kappa shape index (κ3) is 1.72. The minimum Gasteiger partial charge on any atom is -0.312 e. The molecule has 0 atom stereocenters. The molecule has 14 heavy (non-hydrogen) atoms. The largest absolute Gasteiger partial charge is 0.312 e. The Bertz CT molecular complexity index is 409. The molecular weight excluding hydrogens is 192 g/mol. The van der Waals surface area contributed by atoms with Gasteiger partial charge in [-0.3, -0.25) is 0 Å². The quantitative estimate of drug-likeness (QED) is 0.762. The van der Waals surface area contributed by atoms with Crippen LogP contribution in [0.1, 0.15) is 23.1 Å². The van der Waals surface area contributed by atoms with Crippen LogP contribution < -0.4 is 5.32 Å². The van der Waals surface area contributed by atoms with Gasteiger partial charge >= 0.3 is 0 Å². The summed E-state index contributed by atoms with van der Waals surface area (Å²) in [5.74, 6) is 0. The van der Waals surface area contributed by atoms with Crippen molar-refractivity contribution in [1.29, 1.82) is 5.26 Å². The van der Waals surface area contributed by atoms with Crippen LogP contribution in [0.25, 0.3) is 5.57 Å². The molecule has 0 spiro atoms. The second-order valence-electron chi connectivity index (χ2n) is 3.46. The first kappa shape index (κ1) is 9.45. The lowest BCUT2D eigenvalue weighted by Gasteiger charge is -2.17. The molecule has 0 saturated heterocycles. The highest BCUT2D eigenvalue weighted by molar-refractivity contribution is 7.13. The molecule has 0 bridgehead atoms. The smallest absolute Gasteiger partial charge is 0.110 e. The second kappa shape index (κ2) is 3.95. The molecule has 72 valence electrons. The summed E-state index contributed by atoms with van der Waals surface area (Å²) in [6, 6.07) is 6.13. The predicted molar refractivity (Wildman–Crippen MR) is 59.1 cm³/mol. The van der Waals surface area contributed by atoms with E-state index in [4.69, 9.17) is 5.26 Å². The summed E-state index contributed by atoms with van der Waals surface area (Å²) >= 11 is 1.58. The molecule has 1 aromatic heterocycles. The Balaban J connectivity index is 2.34. The summed E-state index contributed by atoms with van der Waals surface area (Å²) < 4.78 is 0. The number of hydrogen-bond acceptors (Lipinski definition) is 3. The molecule has 0 unspecified atom stereocenters. The highest BCUT2D eigenvalue weighted by Gasteiger charge is 2.12. The Hall–Kier alpha value is -1.11. The average molecular weight is 204 g/mol. The molecule has 1 aliphatic heterocycles. The van der Waals surface area contributed by atoms with Gasteiger partial charge in [0.25, 0.3) is 0 Å². The first-order valence-corrected chi connectivity index (χ1v) is 5.52. The molecule has 0 fully saturated rings. The van der Waals surface area contributed by atoms with E-state index >= 15 is 0 Å². The van der Waals surface area contributed by atoms with E-state index < -0.39 is 0 Å².